The lowest BCUT2D eigenvalue weighted by Crippen LogP contribution is -2.39. The number of pyridine rings is 1. The number of rotatable bonds is 8. The number of anilines is 1. The Balaban J connectivity index is 1.84. The molecule has 1 amide bonds. The summed E-state index contributed by atoms with van der Waals surface area (Å²) < 4.78 is 32.6. The lowest BCUT2D eigenvalue weighted by Gasteiger charge is -2.23. The van der Waals surface area contributed by atoms with E-state index in [1.807, 2.05) is 0 Å². The molecular weight excluding hydrogens is 440 g/mol. The van der Waals surface area contributed by atoms with Crippen LogP contribution < -0.4 is 14.5 Å². The van der Waals surface area contributed by atoms with Gasteiger partial charge in [-0.2, -0.15) is 5.10 Å². The van der Waals surface area contributed by atoms with Crippen LogP contribution in [0.4, 0.5) is 5.69 Å². The third-order valence-electron chi connectivity index (χ3n) is 4.16. The second-order valence-corrected chi connectivity index (χ2v) is 8.54. The van der Waals surface area contributed by atoms with Gasteiger partial charge in [0.2, 0.25) is 0 Å². The van der Waals surface area contributed by atoms with Crippen LogP contribution in [0.1, 0.15) is 5.56 Å². The van der Waals surface area contributed by atoms with E-state index in [2.05, 4.69) is 15.5 Å². The molecule has 0 aliphatic heterocycles. The Morgan fingerprint density at radius 3 is 2.35 bits per heavy atom. The van der Waals surface area contributed by atoms with E-state index in [-0.39, 0.29) is 10.6 Å². The molecule has 0 aliphatic carbocycles. The first-order valence-electron chi connectivity index (χ1n) is 9.04. The molecular formula is C21H19ClN4O4S. The van der Waals surface area contributed by atoms with Crippen molar-refractivity contribution in [3.05, 3.63) is 83.6 Å². The molecule has 31 heavy (non-hydrogen) atoms. The maximum atomic E-state index is 13.3. The summed E-state index contributed by atoms with van der Waals surface area (Å²) >= 11 is 5.93. The van der Waals surface area contributed by atoms with Crippen LogP contribution in [0.25, 0.3) is 0 Å². The van der Waals surface area contributed by atoms with E-state index >= 15 is 0 Å². The van der Waals surface area contributed by atoms with Crippen molar-refractivity contribution in [2.45, 2.75) is 4.90 Å². The molecule has 3 rings (SSSR count). The third kappa shape index (κ3) is 5.80. The van der Waals surface area contributed by atoms with Crippen molar-refractivity contribution in [2.75, 3.05) is 18.0 Å². The van der Waals surface area contributed by atoms with E-state index < -0.39 is 22.5 Å². The quantitative estimate of drug-likeness (QED) is 0.413. The lowest BCUT2D eigenvalue weighted by molar-refractivity contribution is -0.119. The van der Waals surface area contributed by atoms with Crippen LogP contribution in [0.3, 0.4) is 0 Å². The summed E-state index contributed by atoms with van der Waals surface area (Å²) in [7, 11) is -2.56. The number of nitrogens with one attached hydrogen (secondary N) is 1. The second kappa shape index (κ2) is 10.1. The van der Waals surface area contributed by atoms with Crippen LogP contribution in [0, 0.1) is 0 Å². The second-order valence-electron chi connectivity index (χ2n) is 6.24. The molecule has 0 spiro atoms. The van der Waals surface area contributed by atoms with Crippen LogP contribution in [0.15, 0.2) is 83.1 Å². The van der Waals surface area contributed by atoms with Crippen molar-refractivity contribution in [2.24, 2.45) is 5.10 Å². The van der Waals surface area contributed by atoms with Gasteiger partial charge in [0.05, 0.1) is 23.9 Å². The minimum atomic E-state index is -4.05. The van der Waals surface area contributed by atoms with Gasteiger partial charge in [-0.3, -0.25) is 14.1 Å². The highest BCUT2D eigenvalue weighted by Crippen LogP contribution is 2.26. The van der Waals surface area contributed by atoms with E-state index in [0.717, 1.165) is 9.87 Å². The summed E-state index contributed by atoms with van der Waals surface area (Å²) in [5.41, 5.74) is 3.36. The first kappa shape index (κ1) is 22.3. The van der Waals surface area contributed by atoms with Gasteiger partial charge in [-0.15, -0.1) is 0 Å². The number of methoxy groups -OCH3 is 1. The molecule has 3 aromatic rings. The summed E-state index contributed by atoms with van der Waals surface area (Å²) in [6.45, 7) is -0.482. The van der Waals surface area contributed by atoms with Crippen LogP contribution in [-0.4, -0.2) is 39.2 Å². The van der Waals surface area contributed by atoms with Crippen molar-refractivity contribution in [3.8, 4) is 5.75 Å². The van der Waals surface area contributed by atoms with Gasteiger partial charge >= 0.3 is 0 Å². The summed E-state index contributed by atoms with van der Waals surface area (Å²) in [6.07, 6.45) is 4.62. The molecule has 1 N–H and O–H groups in total. The Morgan fingerprint density at radius 2 is 1.74 bits per heavy atom. The summed E-state index contributed by atoms with van der Waals surface area (Å²) in [6, 6.07) is 15.5. The Labute approximate surface area is 185 Å². The number of hydrogen-bond acceptors (Lipinski definition) is 6. The van der Waals surface area contributed by atoms with E-state index in [1.165, 1.54) is 49.7 Å². The molecule has 1 heterocycles. The predicted octanol–water partition coefficient (Wildman–Crippen LogP) is 3.09. The standard InChI is InChI=1S/C21H19ClN4O4S/c1-30-19-6-8-20(9-7-19)31(28,29)26(18-4-2-17(22)3-5-18)15-21(27)25-24-14-16-10-12-23-13-11-16/h2-14H,15H2,1H3,(H,25,27)/b24-14-. The normalized spacial score (nSPS) is 11.3. The fourth-order valence-electron chi connectivity index (χ4n) is 2.59. The average Bonchev–Trinajstić information content (AvgIpc) is 2.79. The number of sulfonamides is 1. The van der Waals surface area contributed by atoms with Crippen molar-refractivity contribution in [1.29, 1.82) is 0 Å². The van der Waals surface area contributed by atoms with Crippen molar-refractivity contribution in [1.82, 2.24) is 10.4 Å². The van der Waals surface area contributed by atoms with Crippen LogP contribution in [0.5, 0.6) is 5.75 Å². The van der Waals surface area contributed by atoms with Crippen molar-refractivity contribution < 1.29 is 17.9 Å². The molecule has 10 heteroatoms. The molecule has 0 atom stereocenters. The number of carbonyl (C=O) groups is 1. The first-order valence-corrected chi connectivity index (χ1v) is 10.9. The van der Waals surface area contributed by atoms with Crippen molar-refractivity contribution in [3.63, 3.8) is 0 Å². The van der Waals surface area contributed by atoms with E-state index in [4.69, 9.17) is 16.3 Å². The van der Waals surface area contributed by atoms with Crippen molar-refractivity contribution >= 4 is 39.4 Å². The summed E-state index contributed by atoms with van der Waals surface area (Å²) in [5, 5.41) is 4.31. The zero-order valence-corrected chi connectivity index (χ0v) is 18.0. The van der Waals surface area contributed by atoms with Gasteiger partial charge in [-0.1, -0.05) is 11.6 Å². The number of hydrogen-bond donors (Lipinski definition) is 1. The SMILES string of the molecule is COc1ccc(S(=O)(=O)N(CC(=O)N/N=C\c2ccncc2)c2ccc(Cl)cc2)cc1. The number of ether oxygens (including phenoxy) is 1. The number of carbonyl (C=O) groups excluding carboxylic acids is 1. The zero-order valence-electron chi connectivity index (χ0n) is 16.5. The maximum Gasteiger partial charge on any atom is 0.264 e. The average molecular weight is 459 g/mol. The number of halogens is 1. The summed E-state index contributed by atoms with van der Waals surface area (Å²) in [5.74, 6) is -0.0995. The minimum absolute atomic E-state index is 0.0105. The largest absolute Gasteiger partial charge is 0.497 e. The highest BCUT2D eigenvalue weighted by molar-refractivity contribution is 7.92. The maximum absolute atomic E-state index is 13.3. The Morgan fingerprint density at radius 1 is 1.10 bits per heavy atom. The third-order valence-corrected chi connectivity index (χ3v) is 6.20. The fourth-order valence-corrected chi connectivity index (χ4v) is 4.14. The highest BCUT2D eigenvalue weighted by Gasteiger charge is 2.27. The Kier molecular flexibility index (Phi) is 7.22. The zero-order chi connectivity index (χ0) is 22.3. The van der Waals surface area contributed by atoms with E-state index in [1.54, 1.807) is 36.7 Å². The molecule has 0 saturated carbocycles. The molecule has 0 bridgehead atoms. The molecule has 160 valence electrons. The van der Waals surface area contributed by atoms with Crippen LogP contribution >= 0.6 is 11.6 Å². The van der Waals surface area contributed by atoms with Gasteiger partial charge in [0.1, 0.15) is 12.3 Å². The Bertz CT molecular complexity index is 1150. The number of benzene rings is 2. The molecule has 0 unspecified atom stereocenters. The first-order chi connectivity index (χ1) is 14.9. The molecule has 0 aliphatic rings. The van der Waals surface area contributed by atoms with Crippen LogP contribution in [-0.2, 0) is 14.8 Å². The van der Waals surface area contributed by atoms with Gasteiger partial charge in [-0.25, -0.2) is 13.8 Å². The van der Waals surface area contributed by atoms with Gasteiger partial charge in [0.15, 0.2) is 0 Å². The number of hydrazone groups is 1. The summed E-state index contributed by atoms with van der Waals surface area (Å²) in [4.78, 5) is 16.4. The van der Waals surface area contributed by atoms with Gasteiger partial charge in [0.25, 0.3) is 15.9 Å². The van der Waals surface area contributed by atoms with Gasteiger partial charge in [-0.05, 0) is 66.2 Å². The highest BCUT2D eigenvalue weighted by atomic mass is 35.5. The minimum Gasteiger partial charge on any atom is -0.497 e. The molecule has 0 radical (unpaired) electrons. The van der Waals surface area contributed by atoms with Gasteiger partial charge in [0, 0.05) is 17.4 Å². The van der Waals surface area contributed by atoms with E-state index in [9.17, 15) is 13.2 Å². The monoisotopic (exact) mass is 458 g/mol. The fraction of sp³-hybridized carbons (Fsp3) is 0.0952. The number of amides is 1. The predicted molar refractivity (Wildman–Crippen MR) is 119 cm³/mol. The van der Waals surface area contributed by atoms with Gasteiger partial charge < -0.3 is 4.74 Å². The molecule has 0 saturated heterocycles. The van der Waals surface area contributed by atoms with E-state index in [0.29, 0.717) is 10.8 Å². The lowest BCUT2D eigenvalue weighted by atomic mass is 10.3. The molecule has 0 fully saturated rings. The molecule has 2 aromatic carbocycles. The Hall–Kier alpha value is -3.43. The van der Waals surface area contributed by atoms with Crippen LogP contribution in [0.2, 0.25) is 5.02 Å². The number of aromatic nitrogens is 1. The number of nitrogens with zero attached hydrogens (tertiary/aromatic N) is 3. The topological polar surface area (TPSA) is 101 Å². The molecule has 1 aromatic heterocycles. The smallest absolute Gasteiger partial charge is 0.264 e. The molecule has 8 nitrogen and oxygen atoms in total.